The summed E-state index contributed by atoms with van der Waals surface area (Å²) in [5.74, 6) is 5.26. The van der Waals surface area contributed by atoms with Crippen LogP contribution in [0, 0.1) is 17.3 Å². The number of carbonyl (C=O) groups is 1. The molecule has 4 nitrogen and oxygen atoms in total. The standard InChI is InChI=1S/C15H22N2O2S/c1-15(2,11-17(3)4)10-16-14(19)13-12(6-5-8-18)7-9-20-13/h7,9,18H,8,10-11H2,1-4H3,(H,16,19). The van der Waals surface area contributed by atoms with Crippen LogP contribution in [0.5, 0.6) is 0 Å². The normalized spacial score (nSPS) is 11.1. The first kappa shape index (κ1) is 16.7. The van der Waals surface area contributed by atoms with Gasteiger partial charge < -0.3 is 15.3 Å². The van der Waals surface area contributed by atoms with Crippen LogP contribution in [0.3, 0.4) is 0 Å². The molecule has 0 spiro atoms. The maximum atomic E-state index is 12.2. The van der Waals surface area contributed by atoms with Gasteiger partial charge >= 0.3 is 0 Å². The molecule has 5 heteroatoms. The minimum atomic E-state index is -0.202. The number of aliphatic hydroxyl groups excluding tert-OH is 1. The summed E-state index contributed by atoms with van der Waals surface area (Å²) in [7, 11) is 4.04. The average molecular weight is 294 g/mol. The number of nitrogens with one attached hydrogen (secondary N) is 1. The molecule has 1 aromatic rings. The van der Waals surface area contributed by atoms with E-state index in [2.05, 4.69) is 35.9 Å². The topological polar surface area (TPSA) is 52.6 Å². The van der Waals surface area contributed by atoms with Gasteiger partial charge in [0.1, 0.15) is 11.5 Å². The van der Waals surface area contributed by atoms with Crippen molar-refractivity contribution in [2.24, 2.45) is 5.41 Å². The summed E-state index contributed by atoms with van der Waals surface area (Å²) in [6.45, 7) is 5.54. The quantitative estimate of drug-likeness (QED) is 0.807. The highest BCUT2D eigenvalue weighted by molar-refractivity contribution is 7.12. The lowest BCUT2D eigenvalue weighted by atomic mass is 9.93. The fraction of sp³-hybridized carbons (Fsp3) is 0.533. The van der Waals surface area contributed by atoms with Crippen molar-refractivity contribution in [3.8, 4) is 11.8 Å². The molecule has 0 saturated heterocycles. The summed E-state index contributed by atoms with van der Waals surface area (Å²) in [6, 6.07) is 1.80. The van der Waals surface area contributed by atoms with Crippen LogP contribution in [0.1, 0.15) is 29.1 Å². The largest absolute Gasteiger partial charge is 0.384 e. The number of nitrogens with zero attached hydrogens (tertiary/aromatic N) is 1. The van der Waals surface area contributed by atoms with Crippen molar-refractivity contribution in [2.75, 3.05) is 33.8 Å². The lowest BCUT2D eigenvalue weighted by molar-refractivity contribution is 0.0933. The molecule has 0 unspecified atom stereocenters. The van der Waals surface area contributed by atoms with Gasteiger partial charge in [-0.2, -0.15) is 0 Å². The fourth-order valence-electron chi connectivity index (χ4n) is 2.03. The highest BCUT2D eigenvalue weighted by atomic mass is 32.1. The van der Waals surface area contributed by atoms with Gasteiger partial charge in [0.15, 0.2) is 0 Å². The number of aliphatic hydroxyl groups is 1. The number of carbonyl (C=O) groups excluding carboxylic acids is 1. The van der Waals surface area contributed by atoms with Crippen molar-refractivity contribution in [3.63, 3.8) is 0 Å². The third kappa shape index (κ3) is 5.33. The van der Waals surface area contributed by atoms with Gasteiger partial charge in [-0.3, -0.25) is 4.79 Å². The summed E-state index contributed by atoms with van der Waals surface area (Å²) in [5.41, 5.74) is 0.680. The zero-order valence-electron chi connectivity index (χ0n) is 12.5. The molecule has 1 rings (SSSR count). The predicted octanol–water partition coefficient (Wildman–Crippen LogP) is 1.41. The molecule has 0 bridgehead atoms. The van der Waals surface area contributed by atoms with E-state index >= 15 is 0 Å². The molecule has 0 atom stereocenters. The van der Waals surface area contributed by atoms with Gasteiger partial charge in [0, 0.05) is 18.7 Å². The van der Waals surface area contributed by atoms with Crippen LogP contribution in [0.4, 0.5) is 0 Å². The van der Waals surface area contributed by atoms with Crippen molar-refractivity contribution in [2.45, 2.75) is 13.8 Å². The monoisotopic (exact) mass is 294 g/mol. The molecule has 20 heavy (non-hydrogen) atoms. The van der Waals surface area contributed by atoms with E-state index in [1.807, 2.05) is 19.5 Å². The second kappa shape index (κ2) is 7.44. The summed E-state index contributed by atoms with van der Waals surface area (Å²) in [5, 5.41) is 13.5. The molecule has 0 aromatic carbocycles. The summed E-state index contributed by atoms with van der Waals surface area (Å²) in [6.07, 6.45) is 0. The van der Waals surface area contributed by atoms with Gasteiger partial charge in [0.25, 0.3) is 5.91 Å². The Morgan fingerprint density at radius 2 is 2.20 bits per heavy atom. The molecule has 0 aliphatic heterocycles. The van der Waals surface area contributed by atoms with E-state index in [1.165, 1.54) is 11.3 Å². The first-order valence-corrected chi connectivity index (χ1v) is 7.34. The Morgan fingerprint density at radius 3 is 2.80 bits per heavy atom. The first-order chi connectivity index (χ1) is 9.35. The Bertz CT molecular complexity index is 509. The SMILES string of the molecule is CN(C)CC(C)(C)CNC(=O)c1sccc1C#CCO. The molecule has 0 radical (unpaired) electrons. The number of rotatable bonds is 5. The molecule has 1 aromatic heterocycles. The molecular weight excluding hydrogens is 272 g/mol. The van der Waals surface area contributed by atoms with Crippen LogP contribution in [0.15, 0.2) is 11.4 Å². The lowest BCUT2D eigenvalue weighted by Crippen LogP contribution is -2.39. The van der Waals surface area contributed by atoms with Gasteiger partial charge in [-0.05, 0) is 31.0 Å². The van der Waals surface area contributed by atoms with E-state index in [-0.39, 0.29) is 17.9 Å². The number of thiophene rings is 1. The van der Waals surface area contributed by atoms with E-state index in [0.29, 0.717) is 17.0 Å². The fourth-order valence-corrected chi connectivity index (χ4v) is 2.80. The van der Waals surface area contributed by atoms with Gasteiger partial charge in [0.05, 0.1) is 0 Å². The van der Waals surface area contributed by atoms with Crippen molar-refractivity contribution >= 4 is 17.2 Å². The Hall–Kier alpha value is -1.35. The zero-order chi connectivity index (χ0) is 15.2. The maximum absolute atomic E-state index is 12.2. The molecule has 0 aliphatic carbocycles. The zero-order valence-corrected chi connectivity index (χ0v) is 13.3. The molecule has 1 amide bonds. The van der Waals surface area contributed by atoms with Crippen LogP contribution >= 0.6 is 11.3 Å². The molecule has 0 saturated carbocycles. The van der Waals surface area contributed by atoms with Crippen molar-refractivity contribution in [1.82, 2.24) is 10.2 Å². The van der Waals surface area contributed by atoms with Crippen molar-refractivity contribution in [1.29, 1.82) is 0 Å². The number of hydrogen-bond donors (Lipinski definition) is 2. The van der Waals surface area contributed by atoms with Crippen LogP contribution in [-0.2, 0) is 0 Å². The van der Waals surface area contributed by atoms with E-state index in [9.17, 15) is 4.79 Å². The van der Waals surface area contributed by atoms with Crippen molar-refractivity contribution < 1.29 is 9.90 Å². The van der Waals surface area contributed by atoms with Crippen LogP contribution < -0.4 is 5.32 Å². The van der Waals surface area contributed by atoms with E-state index < -0.39 is 0 Å². The van der Waals surface area contributed by atoms with Crippen molar-refractivity contribution in [3.05, 3.63) is 21.9 Å². The van der Waals surface area contributed by atoms with Gasteiger partial charge in [-0.15, -0.1) is 11.3 Å². The third-order valence-corrected chi connectivity index (χ3v) is 3.56. The highest BCUT2D eigenvalue weighted by Crippen LogP contribution is 2.18. The van der Waals surface area contributed by atoms with Crippen LogP contribution in [0.2, 0.25) is 0 Å². The molecule has 0 fully saturated rings. The van der Waals surface area contributed by atoms with E-state index in [1.54, 1.807) is 6.07 Å². The van der Waals surface area contributed by atoms with Gasteiger partial charge in [-0.1, -0.05) is 25.7 Å². The van der Waals surface area contributed by atoms with Crippen LogP contribution in [-0.4, -0.2) is 49.7 Å². The Morgan fingerprint density at radius 1 is 1.50 bits per heavy atom. The summed E-state index contributed by atoms with van der Waals surface area (Å²) in [4.78, 5) is 14.9. The number of amides is 1. The lowest BCUT2D eigenvalue weighted by Gasteiger charge is -2.28. The van der Waals surface area contributed by atoms with E-state index in [4.69, 9.17) is 5.11 Å². The smallest absolute Gasteiger partial charge is 0.262 e. The molecule has 110 valence electrons. The minimum absolute atomic E-state index is 0.00730. The second-order valence-electron chi connectivity index (χ2n) is 5.71. The van der Waals surface area contributed by atoms with Gasteiger partial charge in [-0.25, -0.2) is 0 Å². The number of hydrogen-bond acceptors (Lipinski definition) is 4. The highest BCUT2D eigenvalue weighted by Gasteiger charge is 2.21. The molecule has 1 heterocycles. The average Bonchev–Trinajstić information content (AvgIpc) is 2.80. The molecule has 0 aliphatic rings. The van der Waals surface area contributed by atoms with E-state index in [0.717, 1.165) is 6.54 Å². The summed E-state index contributed by atoms with van der Waals surface area (Å²) < 4.78 is 0. The maximum Gasteiger partial charge on any atom is 0.262 e. The Balaban J connectivity index is 2.66. The first-order valence-electron chi connectivity index (χ1n) is 6.46. The predicted molar refractivity (Wildman–Crippen MR) is 83.0 cm³/mol. The Kier molecular flexibility index (Phi) is 6.21. The van der Waals surface area contributed by atoms with Gasteiger partial charge in [0.2, 0.25) is 0 Å². The molecular formula is C15H22N2O2S. The Labute approximate surface area is 124 Å². The minimum Gasteiger partial charge on any atom is -0.384 e. The van der Waals surface area contributed by atoms with Crippen LogP contribution in [0.25, 0.3) is 0 Å². The second-order valence-corrected chi connectivity index (χ2v) is 6.62. The molecule has 2 N–H and O–H groups in total. The third-order valence-electron chi connectivity index (χ3n) is 2.65. The summed E-state index contributed by atoms with van der Waals surface area (Å²) >= 11 is 1.37.